The van der Waals surface area contributed by atoms with Crippen LogP contribution in [0.15, 0.2) is 0 Å². The number of rotatable bonds is 1. The number of halogens is 2. The SMILES string of the molecule is CCN1CC2(C1)CC2(F)F. The molecule has 0 amide bonds. The van der Waals surface area contributed by atoms with Crippen LogP contribution in [0.25, 0.3) is 0 Å². The normalized spacial score (nSPS) is 33.9. The third-order valence-corrected chi connectivity index (χ3v) is 2.71. The van der Waals surface area contributed by atoms with Crippen molar-refractivity contribution in [3.05, 3.63) is 0 Å². The lowest BCUT2D eigenvalue weighted by Crippen LogP contribution is -2.50. The van der Waals surface area contributed by atoms with Crippen molar-refractivity contribution in [2.24, 2.45) is 5.41 Å². The van der Waals surface area contributed by atoms with Crippen molar-refractivity contribution in [2.75, 3.05) is 19.6 Å². The Kier molecular flexibility index (Phi) is 0.994. The van der Waals surface area contributed by atoms with E-state index in [1.807, 2.05) is 6.92 Å². The van der Waals surface area contributed by atoms with Crippen molar-refractivity contribution in [3.63, 3.8) is 0 Å². The second-order valence-corrected chi connectivity index (χ2v) is 3.46. The monoisotopic (exact) mass is 147 g/mol. The topological polar surface area (TPSA) is 3.24 Å². The summed E-state index contributed by atoms with van der Waals surface area (Å²) in [7, 11) is 0. The van der Waals surface area contributed by atoms with Crippen molar-refractivity contribution in [2.45, 2.75) is 19.3 Å². The van der Waals surface area contributed by atoms with Crippen LogP contribution >= 0.6 is 0 Å². The van der Waals surface area contributed by atoms with Crippen molar-refractivity contribution < 1.29 is 8.78 Å². The summed E-state index contributed by atoms with van der Waals surface area (Å²) in [4.78, 5) is 2.06. The zero-order chi connectivity index (χ0) is 7.41. The molecular formula is C7H11F2N. The Balaban J connectivity index is 1.92. The molecule has 1 saturated heterocycles. The van der Waals surface area contributed by atoms with E-state index in [9.17, 15) is 8.78 Å². The number of nitrogens with zero attached hydrogens (tertiary/aromatic N) is 1. The predicted octanol–water partition coefficient (Wildman–Crippen LogP) is 1.35. The van der Waals surface area contributed by atoms with Crippen molar-refractivity contribution >= 4 is 0 Å². The highest BCUT2D eigenvalue weighted by molar-refractivity contribution is 5.18. The van der Waals surface area contributed by atoms with Gasteiger partial charge in [0.05, 0.1) is 5.41 Å². The van der Waals surface area contributed by atoms with E-state index in [1.165, 1.54) is 0 Å². The van der Waals surface area contributed by atoms with E-state index in [0.29, 0.717) is 13.1 Å². The maximum atomic E-state index is 12.5. The first-order valence-electron chi connectivity index (χ1n) is 3.70. The van der Waals surface area contributed by atoms with Crippen LogP contribution < -0.4 is 0 Å². The summed E-state index contributed by atoms with van der Waals surface area (Å²) in [6, 6.07) is 0. The van der Waals surface area contributed by atoms with Gasteiger partial charge in [0.2, 0.25) is 0 Å². The molecule has 2 fully saturated rings. The van der Waals surface area contributed by atoms with Crippen LogP contribution in [0, 0.1) is 5.41 Å². The molecule has 1 spiro atoms. The standard InChI is InChI=1S/C7H11F2N/c1-2-10-4-6(5-10)3-7(6,8)9/h2-5H2,1H3. The molecular weight excluding hydrogens is 136 g/mol. The molecule has 0 radical (unpaired) electrons. The third kappa shape index (κ3) is 0.590. The summed E-state index contributed by atoms with van der Waals surface area (Å²) in [5.74, 6) is -2.32. The minimum Gasteiger partial charge on any atom is -0.302 e. The number of hydrogen-bond donors (Lipinski definition) is 0. The lowest BCUT2D eigenvalue weighted by molar-refractivity contribution is -0.0215. The highest BCUT2D eigenvalue weighted by Crippen LogP contribution is 2.64. The Bertz CT molecular complexity index is 161. The molecule has 1 aliphatic heterocycles. The molecule has 1 heterocycles. The van der Waals surface area contributed by atoms with E-state index in [0.717, 1.165) is 6.54 Å². The fraction of sp³-hybridized carbons (Fsp3) is 1.00. The highest BCUT2D eigenvalue weighted by Gasteiger charge is 2.75. The lowest BCUT2D eigenvalue weighted by atomic mass is 9.96. The summed E-state index contributed by atoms with van der Waals surface area (Å²) >= 11 is 0. The van der Waals surface area contributed by atoms with Crippen LogP contribution in [-0.4, -0.2) is 30.5 Å². The zero-order valence-electron chi connectivity index (χ0n) is 6.03. The van der Waals surface area contributed by atoms with Crippen molar-refractivity contribution in [1.82, 2.24) is 4.90 Å². The van der Waals surface area contributed by atoms with Crippen molar-refractivity contribution in [3.8, 4) is 0 Å². The Labute approximate surface area is 59.0 Å². The highest BCUT2D eigenvalue weighted by atomic mass is 19.3. The minimum absolute atomic E-state index is 0.135. The Morgan fingerprint density at radius 2 is 1.90 bits per heavy atom. The number of alkyl halides is 2. The number of likely N-dealkylation sites (tertiary alicyclic amines) is 1. The molecule has 3 heteroatoms. The summed E-state index contributed by atoms with van der Waals surface area (Å²) in [5.41, 5.74) is -0.566. The van der Waals surface area contributed by atoms with E-state index >= 15 is 0 Å². The van der Waals surface area contributed by atoms with Crippen LogP contribution in [-0.2, 0) is 0 Å². The zero-order valence-corrected chi connectivity index (χ0v) is 6.03. The second kappa shape index (κ2) is 1.52. The van der Waals surface area contributed by atoms with Crippen LogP contribution in [0.3, 0.4) is 0 Å². The van der Waals surface area contributed by atoms with Gasteiger partial charge < -0.3 is 4.90 Å². The third-order valence-electron chi connectivity index (χ3n) is 2.71. The average Bonchev–Trinajstić information content (AvgIpc) is 2.30. The summed E-state index contributed by atoms with van der Waals surface area (Å²) in [6.45, 7) is 4.16. The molecule has 0 bridgehead atoms. The maximum absolute atomic E-state index is 12.5. The van der Waals surface area contributed by atoms with Gasteiger partial charge in [0.25, 0.3) is 5.92 Å². The lowest BCUT2D eigenvalue weighted by Gasteiger charge is -2.39. The van der Waals surface area contributed by atoms with Crippen LogP contribution in [0.1, 0.15) is 13.3 Å². The van der Waals surface area contributed by atoms with Gasteiger partial charge in [0.1, 0.15) is 0 Å². The fourth-order valence-corrected chi connectivity index (χ4v) is 1.76. The molecule has 58 valence electrons. The first-order valence-corrected chi connectivity index (χ1v) is 3.70. The molecule has 0 N–H and O–H groups in total. The summed E-state index contributed by atoms with van der Waals surface area (Å²) in [5, 5.41) is 0. The molecule has 0 aromatic heterocycles. The first-order chi connectivity index (χ1) is 4.60. The van der Waals surface area contributed by atoms with E-state index < -0.39 is 11.3 Å². The fourth-order valence-electron chi connectivity index (χ4n) is 1.76. The van der Waals surface area contributed by atoms with Crippen LogP contribution in [0.2, 0.25) is 0 Å². The van der Waals surface area contributed by atoms with E-state index in [4.69, 9.17) is 0 Å². The Morgan fingerprint density at radius 1 is 1.40 bits per heavy atom. The maximum Gasteiger partial charge on any atom is 0.257 e. The second-order valence-electron chi connectivity index (χ2n) is 3.46. The minimum atomic E-state index is -2.32. The quantitative estimate of drug-likeness (QED) is 0.541. The Morgan fingerprint density at radius 3 is 2.20 bits per heavy atom. The van der Waals surface area contributed by atoms with Gasteiger partial charge in [-0.1, -0.05) is 6.92 Å². The van der Waals surface area contributed by atoms with E-state index in [2.05, 4.69) is 4.90 Å². The van der Waals surface area contributed by atoms with Gasteiger partial charge in [-0.3, -0.25) is 0 Å². The molecule has 0 unspecified atom stereocenters. The van der Waals surface area contributed by atoms with Gasteiger partial charge >= 0.3 is 0 Å². The smallest absolute Gasteiger partial charge is 0.257 e. The molecule has 0 atom stereocenters. The molecule has 0 aromatic carbocycles. The molecule has 10 heavy (non-hydrogen) atoms. The molecule has 2 rings (SSSR count). The van der Waals surface area contributed by atoms with E-state index in [1.54, 1.807) is 0 Å². The Hall–Kier alpha value is -0.180. The largest absolute Gasteiger partial charge is 0.302 e. The van der Waals surface area contributed by atoms with Gasteiger partial charge in [0, 0.05) is 19.5 Å². The molecule has 1 saturated carbocycles. The molecule has 2 aliphatic rings. The molecule has 1 nitrogen and oxygen atoms in total. The molecule has 0 aromatic rings. The van der Waals surface area contributed by atoms with Gasteiger partial charge in [-0.05, 0) is 6.54 Å². The van der Waals surface area contributed by atoms with Gasteiger partial charge in [0.15, 0.2) is 0 Å². The number of hydrogen-bond acceptors (Lipinski definition) is 1. The van der Waals surface area contributed by atoms with Gasteiger partial charge in [-0.25, -0.2) is 8.78 Å². The van der Waals surface area contributed by atoms with Crippen molar-refractivity contribution in [1.29, 1.82) is 0 Å². The van der Waals surface area contributed by atoms with Crippen LogP contribution in [0.4, 0.5) is 8.78 Å². The molecule has 1 aliphatic carbocycles. The summed E-state index contributed by atoms with van der Waals surface area (Å²) < 4.78 is 25.0. The van der Waals surface area contributed by atoms with E-state index in [-0.39, 0.29) is 6.42 Å². The van der Waals surface area contributed by atoms with Gasteiger partial charge in [-0.2, -0.15) is 0 Å². The summed E-state index contributed by atoms with van der Waals surface area (Å²) in [6.07, 6.45) is 0.135. The first kappa shape index (κ1) is 6.53. The van der Waals surface area contributed by atoms with Gasteiger partial charge in [-0.15, -0.1) is 0 Å². The van der Waals surface area contributed by atoms with Crippen LogP contribution in [0.5, 0.6) is 0 Å². The predicted molar refractivity (Wildman–Crippen MR) is 34.1 cm³/mol. The average molecular weight is 147 g/mol.